The minimum atomic E-state index is 0.279. The fraction of sp³-hybridized carbons (Fsp3) is 0.400. The molecule has 0 saturated heterocycles. The van der Waals surface area contributed by atoms with Crippen molar-refractivity contribution in [1.29, 1.82) is 0 Å². The van der Waals surface area contributed by atoms with Crippen LogP contribution in [-0.2, 0) is 19.3 Å². The van der Waals surface area contributed by atoms with Gasteiger partial charge in [-0.3, -0.25) is 0 Å². The van der Waals surface area contributed by atoms with E-state index in [2.05, 4.69) is 4.98 Å². The van der Waals surface area contributed by atoms with Gasteiger partial charge in [0.2, 0.25) is 0 Å². The Kier molecular flexibility index (Phi) is 3.25. The van der Waals surface area contributed by atoms with Crippen molar-refractivity contribution in [3.8, 4) is 5.75 Å². The van der Waals surface area contributed by atoms with E-state index in [9.17, 15) is 5.11 Å². The van der Waals surface area contributed by atoms with Gasteiger partial charge < -0.3 is 15.3 Å². The number of hydrogen-bond donors (Lipinski definition) is 2. The average Bonchev–Trinajstić information content (AvgIpc) is 2.82. The Labute approximate surface area is 112 Å². The second-order valence-electron chi connectivity index (χ2n) is 5.17. The first-order chi connectivity index (χ1) is 9.24. The van der Waals surface area contributed by atoms with Crippen LogP contribution in [0, 0.1) is 5.92 Å². The van der Waals surface area contributed by atoms with E-state index in [0.29, 0.717) is 18.9 Å². The zero-order chi connectivity index (χ0) is 13.2. The highest BCUT2D eigenvalue weighted by Crippen LogP contribution is 2.26. The lowest BCUT2D eigenvalue weighted by molar-refractivity contribution is 0.386. The zero-order valence-corrected chi connectivity index (χ0v) is 10.8. The first-order valence-electron chi connectivity index (χ1n) is 6.70. The SMILES string of the molecule is NCC1CCc2nc(Cc3ccc(O)cc3)oc2C1. The van der Waals surface area contributed by atoms with Crippen LogP contribution in [0.25, 0.3) is 0 Å². The topological polar surface area (TPSA) is 72.3 Å². The molecule has 4 nitrogen and oxygen atoms in total. The summed E-state index contributed by atoms with van der Waals surface area (Å²) in [7, 11) is 0. The number of aryl methyl sites for hydroxylation is 1. The number of aromatic hydroxyl groups is 1. The number of phenolic OH excluding ortho intramolecular Hbond substituents is 1. The zero-order valence-electron chi connectivity index (χ0n) is 10.8. The molecule has 0 amide bonds. The maximum absolute atomic E-state index is 9.26. The molecular weight excluding hydrogens is 240 g/mol. The molecule has 100 valence electrons. The van der Waals surface area contributed by atoms with Crippen molar-refractivity contribution in [2.75, 3.05) is 6.54 Å². The van der Waals surface area contributed by atoms with Gasteiger partial charge >= 0.3 is 0 Å². The molecule has 1 atom stereocenters. The number of nitrogens with two attached hydrogens (primary N) is 1. The molecule has 0 fully saturated rings. The average molecular weight is 258 g/mol. The number of fused-ring (bicyclic) bond motifs is 1. The molecule has 1 unspecified atom stereocenters. The summed E-state index contributed by atoms with van der Waals surface area (Å²) >= 11 is 0. The Balaban J connectivity index is 1.76. The second kappa shape index (κ2) is 5.05. The maximum atomic E-state index is 9.26. The summed E-state index contributed by atoms with van der Waals surface area (Å²) in [5.41, 5.74) is 7.90. The predicted octanol–water partition coefficient (Wildman–Crippen LogP) is 2.03. The summed E-state index contributed by atoms with van der Waals surface area (Å²) in [5.74, 6) is 2.58. The summed E-state index contributed by atoms with van der Waals surface area (Å²) in [4.78, 5) is 4.57. The molecule has 1 heterocycles. The van der Waals surface area contributed by atoms with Gasteiger partial charge in [0.15, 0.2) is 5.89 Å². The van der Waals surface area contributed by atoms with Crippen molar-refractivity contribution in [3.05, 3.63) is 47.2 Å². The number of phenols is 1. The summed E-state index contributed by atoms with van der Waals surface area (Å²) < 4.78 is 5.84. The van der Waals surface area contributed by atoms with Gasteiger partial charge in [0.05, 0.1) is 5.69 Å². The molecule has 1 aliphatic carbocycles. The monoisotopic (exact) mass is 258 g/mol. The Morgan fingerprint density at radius 2 is 2.11 bits per heavy atom. The van der Waals surface area contributed by atoms with E-state index in [0.717, 1.165) is 42.2 Å². The van der Waals surface area contributed by atoms with Crippen molar-refractivity contribution in [3.63, 3.8) is 0 Å². The normalized spacial score (nSPS) is 18.3. The fourth-order valence-corrected chi connectivity index (χ4v) is 2.56. The smallest absolute Gasteiger partial charge is 0.199 e. The first-order valence-corrected chi connectivity index (χ1v) is 6.70. The molecule has 0 saturated carbocycles. The molecule has 4 heteroatoms. The van der Waals surface area contributed by atoms with E-state index in [1.54, 1.807) is 12.1 Å². The molecular formula is C15H18N2O2. The molecule has 1 aromatic heterocycles. The fourth-order valence-electron chi connectivity index (χ4n) is 2.56. The highest BCUT2D eigenvalue weighted by Gasteiger charge is 2.23. The number of rotatable bonds is 3. The highest BCUT2D eigenvalue weighted by molar-refractivity contribution is 5.28. The van der Waals surface area contributed by atoms with Crippen molar-refractivity contribution in [2.45, 2.75) is 25.7 Å². The lowest BCUT2D eigenvalue weighted by Crippen LogP contribution is -2.21. The van der Waals surface area contributed by atoms with E-state index in [1.807, 2.05) is 12.1 Å². The van der Waals surface area contributed by atoms with Gasteiger partial charge in [-0.2, -0.15) is 0 Å². The van der Waals surface area contributed by atoms with E-state index in [1.165, 1.54) is 0 Å². The third-order valence-electron chi connectivity index (χ3n) is 3.71. The third kappa shape index (κ3) is 2.63. The molecule has 3 N–H and O–H groups in total. The minimum Gasteiger partial charge on any atom is -0.508 e. The van der Waals surface area contributed by atoms with Gasteiger partial charge in [0.1, 0.15) is 11.5 Å². The van der Waals surface area contributed by atoms with Gasteiger partial charge in [-0.1, -0.05) is 12.1 Å². The lowest BCUT2D eigenvalue weighted by atomic mass is 9.91. The molecule has 19 heavy (non-hydrogen) atoms. The molecule has 0 aliphatic heterocycles. The number of nitrogens with zero attached hydrogens (tertiary/aromatic N) is 1. The summed E-state index contributed by atoms with van der Waals surface area (Å²) in [6, 6.07) is 7.15. The molecule has 0 bridgehead atoms. The van der Waals surface area contributed by atoms with Gasteiger partial charge in [0.25, 0.3) is 0 Å². The molecule has 3 rings (SSSR count). The Morgan fingerprint density at radius 3 is 2.84 bits per heavy atom. The number of hydrogen-bond acceptors (Lipinski definition) is 4. The van der Waals surface area contributed by atoms with Gasteiger partial charge in [-0.15, -0.1) is 0 Å². The highest BCUT2D eigenvalue weighted by atomic mass is 16.4. The summed E-state index contributed by atoms with van der Waals surface area (Å²) in [5, 5.41) is 9.26. The Hall–Kier alpha value is -1.81. The van der Waals surface area contributed by atoms with Crippen LogP contribution in [0.1, 0.15) is 29.3 Å². The van der Waals surface area contributed by atoms with Gasteiger partial charge in [-0.05, 0) is 43.0 Å². The summed E-state index contributed by atoms with van der Waals surface area (Å²) in [6.07, 6.45) is 3.65. The van der Waals surface area contributed by atoms with Crippen LogP contribution in [0.3, 0.4) is 0 Å². The minimum absolute atomic E-state index is 0.279. The molecule has 0 radical (unpaired) electrons. The quantitative estimate of drug-likeness (QED) is 0.883. The Bertz CT molecular complexity index is 560. The van der Waals surface area contributed by atoms with Crippen LogP contribution in [0.15, 0.2) is 28.7 Å². The predicted molar refractivity (Wildman–Crippen MR) is 72.0 cm³/mol. The van der Waals surface area contributed by atoms with Crippen LogP contribution in [0.2, 0.25) is 0 Å². The lowest BCUT2D eigenvalue weighted by Gasteiger charge is -2.17. The largest absolute Gasteiger partial charge is 0.508 e. The van der Waals surface area contributed by atoms with E-state index >= 15 is 0 Å². The standard InChI is InChI=1S/C15H18N2O2/c16-9-11-3-6-13-14(7-11)19-15(17-13)8-10-1-4-12(18)5-2-10/h1-2,4-5,11,18H,3,6-9,16H2. The van der Waals surface area contributed by atoms with Crippen molar-refractivity contribution < 1.29 is 9.52 Å². The van der Waals surface area contributed by atoms with Crippen molar-refractivity contribution in [2.24, 2.45) is 11.7 Å². The van der Waals surface area contributed by atoms with E-state index < -0.39 is 0 Å². The van der Waals surface area contributed by atoms with Crippen molar-refractivity contribution >= 4 is 0 Å². The molecule has 1 aromatic carbocycles. The number of benzene rings is 1. The van der Waals surface area contributed by atoms with Gasteiger partial charge in [0, 0.05) is 12.8 Å². The number of aromatic nitrogens is 1. The molecule has 2 aromatic rings. The van der Waals surface area contributed by atoms with Crippen molar-refractivity contribution in [1.82, 2.24) is 4.98 Å². The van der Waals surface area contributed by atoms with Gasteiger partial charge in [-0.25, -0.2) is 4.98 Å². The Morgan fingerprint density at radius 1 is 1.32 bits per heavy atom. The third-order valence-corrected chi connectivity index (χ3v) is 3.71. The summed E-state index contributed by atoms with van der Waals surface area (Å²) in [6.45, 7) is 0.716. The maximum Gasteiger partial charge on any atom is 0.199 e. The van der Waals surface area contributed by atoms with Crippen LogP contribution in [0.5, 0.6) is 5.75 Å². The molecule has 0 spiro atoms. The van der Waals surface area contributed by atoms with Crippen LogP contribution < -0.4 is 5.73 Å². The van der Waals surface area contributed by atoms with Crippen LogP contribution >= 0.6 is 0 Å². The van der Waals surface area contributed by atoms with Crippen LogP contribution in [0.4, 0.5) is 0 Å². The molecule has 1 aliphatic rings. The number of oxazole rings is 1. The van der Waals surface area contributed by atoms with E-state index in [4.69, 9.17) is 10.2 Å². The second-order valence-corrected chi connectivity index (χ2v) is 5.17. The first kappa shape index (κ1) is 12.2. The van der Waals surface area contributed by atoms with E-state index in [-0.39, 0.29) is 5.75 Å². The van der Waals surface area contributed by atoms with Crippen LogP contribution in [-0.4, -0.2) is 16.6 Å².